The Morgan fingerprint density at radius 1 is 1.32 bits per heavy atom. The maximum absolute atomic E-state index is 11.7. The highest BCUT2D eigenvalue weighted by Gasteiger charge is 2.03. The predicted octanol–water partition coefficient (Wildman–Crippen LogP) is 2.03. The molecule has 0 aliphatic rings. The molecular weight excluding hydrogens is 238 g/mol. The molecular formula is C15H17N3O. The molecule has 0 spiro atoms. The van der Waals surface area contributed by atoms with Crippen molar-refractivity contribution in [1.29, 1.82) is 0 Å². The van der Waals surface area contributed by atoms with E-state index in [0.29, 0.717) is 19.4 Å². The number of rotatable bonds is 5. The number of aromatic nitrogens is 2. The van der Waals surface area contributed by atoms with Crippen molar-refractivity contribution in [2.75, 3.05) is 0 Å². The zero-order chi connectivity index (χ0) is 13.5. The summed E-state index contributed by atoms with van der Waals surface area (Å²) >= 11 is 0. The van der Waals surface area contributed by atoms with Gasteiger partial charge >= 0.3 is 0 Å². The third-order valence-electron chi connectivity index (χ3n) is 2.80. The number of carbonyl (C=O) groups is 1. The van der Waals surface area contributed by atoms with Crippen LogP contribution in [0.3, 0.4) is 0 Å². The van der Waals surface area contributed by atoms with Crippen molar-refractivity contribution in [3.05, 3.63) is 59.7 Å². The average Bonchev–Trinajstić information content (AvgIpc) is 2.44. The fourth-order valence-electron chi connectivity index (χ4n) is 1.81. The van der Waals surface area contributed by atoms with Crippen molar-refractivity contribution in [2.45, 2.75) is 26.3 Å². The molecule has 1 aromatic heterocycles. The van der Waals surface area contributed by atoms with Crippen molar-refractivity contribution in [2.24, 2.45) is 0 Å². The van der Waals surface area contributed by atoms with Gasteiger partial charge in [0.25, 0.3) is 0 Å². The smallest absolute Gasteiger partial charge is 0.220 e. The van der Waals surface area contributed by atoms with E-state index < -0.39 is 0 Å². The molecule has 0 fully saturated rings. The van der Waals surface area contributed by atoms with Gasteiger partial charge in [-0.1, -0.05) is 29.8 Å². The van der Waals surface area contributed by atoms with Crippen LogP contribution in [0.15, 0.2) is 42.9 Å². The minimum Gasteiger partial charge on any atom is -0.352 e. The maximum atomic E-state index is 11.7. The lowest BCUT2D eigenvalue weighted by atomic mass is 10.1. The largest absolute Gasteiger partial charge is 0.352 e. The van der Waals surface area contributed by atoms with Gasteiger partial charge in [-0.2, -0.15) is 0 Å². The van der Waals surface area contributed by atoms with E-state index in [0.717, 1.165) is 11.3 Å². The van der Waals surface area contributed by atoms with Gasteiger partial charge in [-0.25, -0.2) is 0 Å². The number of aryl methyl sites for hydroxylation is 2. The molecule has 0 saturated carbocycles. The van der Waals surface area contributed by atoms with Gasteiger partial charge in [0.05, 0.1) is 5.69 Å². The minimum atomic E-state index is 0.0344. The van der Waals surface area contributed by atoms with E-state index in [1.807, 2.05) is 25.1 Å². The third-order valence-corrected chi connectivity index (χ3v) is 2.80. The monoisotopic (exact) mass is 255 g/mol. The summed E-state index contributed by atoms with van der Waals surface area (Å²) in [6, 6.07) is 8.12. The first kappa shape index (κ1) is 13.2. The fourth-order valence-corrected chi connectivity index (χ4v) is 1.81. The zero-order valence-corrected chi connectivity index (χ0v) is 11.0. The summed E-state index contributed by atoms with van der Waals surface area (Å²) in [5, 5.41) is 2.91. The molecule has 0 bridgehead atoms. The Balaban J connectivity index is 1.76. The van der Waals surface area contributed by atoms with E-state index in [1.54, 1.807) is 18.6 Å². The van der Waals surface area contributed by atoms with Crippen molar-refractivity contribution in [1.82, 2.24) is 15.3 Å². The molecule has 0 atom stereocenters. The van der Waals surface area contributed by atoms with Crippen LogP contribution in [0.4, 0.5) is 0 Å². The summed E-state index contributed by atoms with van der Waals surface area (Å²) in [6.07, 6.45) is 6.01. The lowest BCUT2D eigenvalue weighted by Crippen LogP contribution is -2.23. The van der Waals surface area contributed by atoms with Crippen LogP contribution in [-0.4, -0.2) is 15.9 Å². The van der Waals surface area contributed by atoms with Crippen LogP contribution in [-0.2, 0) is 17.8 Å². The van der Waals surface area contributed by atoms with Gasteiger partial charge in [0.2, 0.25) is 5.91 Å². The first-order chi connectivity index (χ1) is 9.24. The van der Waals surface area contributed by atoms with Crippen molar-refractivity contribution in [3.8, 4) is 0 Å². The molecule has 0 saturated heterocycles. The second kappa shape index (κ2) is 6.64. The minimum absolute atomic E-state index is 0.0344. The van der Waals surface area contributed by atoms with Gasteiger partial charge in [-0.3, -0.25) is 14.8 Å². The zero-order valence-electron chi connectivity index (χ0n) is 11.0. The standard InChI is InChI=1S/C15H17N3O/c1-12-3-2-4-13(9-12)10-18-15(19)6-5-14-11-16-7-8-17-14/h2-4,7-9,11H,5-6,10H2,1H3,(H,18,19). The van der Waals surface area contributed by atoms with E-state index in [1.165, 1.54) is 5.56 Å². The average molecular weight is 255 g/mol. The van der Waals surface area contributed by atoms with E-state index >= 15 is 0 Å². The first-order valence-electron chi connectivity index (χ1n) is 6.31. The molecule has 4 heteroatoms. The SMILES string of the molecule is Cc1cccc(CNC(=O)CCc2cnccn2)c1. The molecule has 0 aliphatic heterocycles. The number of benzene rings is 1. The Kier molecular flexibility index (Phi) is 4.61. The van der Waals surface area contributed by atoms with E-state index in [-0.39, 0.29) is 5.91 Å². The number of nitrogens with zero attached hydrogens (tertiary/aromatic N) is 2. The third kappa shape index (κ3) is 4.50. The lowest BCUT2D eigenvalue weighted by molar-refractivity contribution is -0.121. The van der Waals surface area contributed by atoms with Gasteiger partial charge in [0, 0.05) is 31.6 Å². The van der Waals surface area contributed by atoms with Crippen molar-refractivity contribution < 1.29 is 4.79 Å². The second-order valence-electron chi connectivity index (χ2n) is 4.46. The van der Waals surface area contributed by atoms with Crippen LogP contribution >= 0.6 is 0 Å². The van der Waals surface area contributed by atoms with Crippen molar-refractivity contribution >= 4 is 5.91 Å². The summed E-state index contributed by atoms with van der Waals surface area (Å²) in [7, 11) is 0. The summed E-state index contributed by atoms with van der Waals surface area (Å²) in [5.41, 5.74) is 3.16. The molecule has 19 heavy (non-hydrogen) atoms. The van der Waals surface area contributed by atoms with Crippen molar-refractivity contribution in [3.63, 3.8) is 0 Å². The summed E-state index contributed by atoms with van der Waals surface area (Å²) < 4.78 is 0. The Labute approximate surface area is 112 Å². The van der Waals surface area contributed by atoms with Gasteiger partial charge in [0.1, 0.15) is 0 Å². The van der Waals surface area contributed by atoms with Gasteiger partial charge in [0.15, 0.2) is 0 Å². The summed E-state index contributed by atoms with van der Waals surface area (Å²) in [4.78, 5) is 19.8. The van der Waals surface area contributed by atoms with Crippen LogP contribution in [0.5, 0.6) is 0 Å². The van der Waals surface area contributed by atoms with Crippen LogP contribution in [0, 0.1) is 6.92 Å². The Morgan fingerprint density at radius 3 is 2.95 bits per heavy atom. The van der Waals surface area contributed by atoms with Crippen LogP contribution in [0.25, 0.3) is 0 Å². The van der Waals surface area contributed by atoms with Gasteiger partial charge < -0.3 is 5.32 Å². The van der Waals surface area contributed by atoms with E-state index in [2.05, 4.69) is 21.4 Å². The predicted molar refractivity (Wildman–Crippen MR) is 73.4 cm³/mol. The lowest BCUT2D eigenvalue weighted by Gasteiger charge is -2.06. The Hall–Kier alpha value is -2.23. The van der Waals surface area contributed by atoms with Crippen LogP contribution in [0.2, 0.25) is 0 Å². The Bertz CT molecular complexity index is 540. The number of nitrogens with one attached hydrogen (secondary N) is 1. The maximum Gasteiger partial charge on any atom is 0.220 e. The number of hydrogen-bond acceptors (Lipinski definition) is 3. The molecule has 4 nitrogen and oxygen atoms in total. The van der Waals surface area contributed by atoms with Gasteiger partial charge in [-0.05, 0) is 18.9 Å². The molecule has 98 valence electrons. The quantitative estimate of drug-likeness (QED) is 0.889. The van der Waals surface area contributed by atoms with E-state index in [4.69, 9.17) is 0 Å². The fraction of sp³-hybridized carbons (Fsp3) is 0.267. The number of amides is 1. The van der Waals surface area contributed by atoms with Crippen LogP contribution in [0.1, 0.15) is 23.2 Å². The molecule has 0 aliphatic carbocycles. The normalized spacial score (nSPS) is 10.2. The van der Waals surface area contributed by atoms with Crippen LogP contribution < -0.4 is 5.32 Å². The summed E-state index contributed by atoms with van der Waals surface area (Å²) in [5.74, 6) is 0.0344. The molecule has 1 aromatic carbocycles. The highest BCUT2D eigenvalue weighted by Crippen LogP contribution is 2.03. The number of hydrogen-bond donors (Lipinski definition) is 1. The molecule has 0 unspecified atom stereocenters. The van der Waals surface area contributed by atoms with Gasteiger partial charge in [-0.15, -0.1) is 0 Å². The molecule has 1 N–H and O–H groups in total. The molecule has 2 aromatic rings. The number of carbonyl (C=O) groups excluding carboxylic acids is 1. The highest BCUT2D eigenvalue weighted by atomic mass is 16.1. The molecule has 0 radical (unpaired) electrons. The molecule has 1 heterocycles. The molecule has 1 amide bonds. The first-order valence-corrected chi connectivity index (χ1v) is 6.31. The Morgan fingerprint density at radius 2 is 2.21 bits per heavy atom. The summed E-state index contributed by atoms with van der Waals surface area (Å²) in [6.45, 7) is 2.61. The topological polar surface area (TPSA) is 54.9 Å². The molecule has 2 rings (SSSR count). The second-order valence-corrected chi connectivity index (χ2v) is 4.46. The highest BCUT2D eigenvalue weighted by molar-refractivity contribution is 5.76. The van der Waals surface area contributed by atoms with E-state index in [9.17, 15) is 4.79 Å².